The summed E-state index contributed by atoms with van der Waals surface area (Å²) in [5.74, 6) is -0.681. The molecule has 0 N–H and O–H groups in total. The standard InChI is InChI=1S/C21H30FN3O3S/c22-18-7-9-20(10-8-18)29(27,28)25-11-3-4-17(16-25)21(26)24-14-12-23(13-15-24)19-5-1-2-6-19/h7-10,17,19H,1-6,11-16H2. The first-order valence-corrected chi connectivity index (χ1v) is 12.2. The summed E-state index contributed by atoms with van der Waals surface area (Å²) in [7, 11) is -3.71. The van der Waals surface area contributed by atoms with E-state index in [1.807, 2.05) is 4.90 Å². The molecule has 1 amide bonds. The van der Waals surface area contributed by atoms with Gasteiger partial charge in [0.25, 0.3) is 0 Å². The second-order valence-corrected chi connectivity index (χ2v) is 10.4. The van der Waals surface area contributed by atoms with E-state index in [1.54, 1.807) is 0 Å². The van der Waals surface area contributed by atoms with E-state index in [2.05, 4.69) is 4.90 Å². The van der Waals surface area contributed by atoms with Crippen molar-refractivity contribution >= 4 is 15.9 Å². The van der Waals surface area contributed by atoms with Crippen LogP contribution >= 0.6 is 0 Å². The van der Waals surface area contributed by atoms with Gasteiger partial charge in [0, 0.05) is 45.3 Å². The normalized spacial score (nSPS) is 25.4. The van der Waals surface area contributed by atoms with E-state index in [1.165, 1.54) is 42.1 Å². The van der Waals surface area contributed by atoms with Crippen LogP contribution in [0.4, 0.5) is 4.39 Å². The van der Waals surface area contributed by atoms with Crippen LogP contribution in [0.25, 0.3) is 0 Å². The molecule has 1 aromatic carbocycles. The van der Waals surface area contributed by atoms with Gasteiger partial charge in [-0.15, -0.1) is 0 Å². The van der Waals surface area contributed by atoms with Crippen molar-refractivity contribution in [3.8, 4) is 0 Å². The van der Waals surface area contributed by atoms with Gasteiger partial charge in [0.15, 0.2) is 0 Å². The van der Waals surface area contributed by atoms with Crippen LogP contribution in [0.15, 0.2) is 29.2 Å². The van der Waals surface area contributed by atoms with Crippen LogP contribution in [0.2, 0.25) is 0 Å². The maximum atomic E-state index is 13.2. The number of halogens is 1. The van der Waals surface area contributed by atoms with Crippen molar-refractivity contribution in [2.24, 2.45) is 5.92 Å². The Balaban J connectivity index is 1.37. The van der Waals surface area contributed by atoms with Crippen LogP contribution in [0.5, 0.6) is 0 Å². The van der Waals surface area contributed by atoms with E-state index in [0.717, 1.165) is 44.7 Å². The lowest BCUT2D eigenvalue weighted by molar-refractivity contribution is -0.138. The number of hydrogen-bond acceptors (Lipinski definition) is 4. The van der Waals surface area contributed by atoms with Gasteiger partial charge in [-0.2, -0.15) is 4.31 Å². The van der Waals surface area contributed by atoms with E-state index >= 15 is 0 Å². The topological polar surface area (TPSA) is 60.9 Å². The predicted octanol–water partition coefficient (Wildman–Crippen LogP) is 2.31. The highest BCUT2D eigenvalue weighted by molar-refractivity contribution is 7.89. The maximum Gasteiger partial charge on any atom is 0.243 e. The summed E-state index contributed by atoms with van der Waals surface area (Å²) < 4.78 is 40.4. The number of rotatable bonds is 4. The molecule has 6 nitrogen and oxygen atoms in total. The summed E-state index contributed by atoms with van der Waals surface area (Å²) in [5.41, 5.74) is 0. The molecule has 1 aromatic rings. The molecule has 1 unspecified atom stereocenters. The number of piperazine rings is 1. The fourth-order valence-electron chi connectivity index (χ4n) is 4.95. The number of benzene rings is 1. The van der Waals surface area contributed by atoms with Crippen molar-refractivity contribution in [3.05, 3.63) is 30.1 Å². The molecule has 1 saturated carbocycles. The van der Waals surface area contributed by atoms with Crippen molar-refractivity contribution < 1.29 is 17.6 Å². The zero-order chi connectivity index (χ0) is 20.4. The largest absolute Gasteiger partial charge is 0.340 e. The highest BCUT2D eigenvalue weighted by Crippen LogP contribution is 2.27. The Morgan fingerprint density at radius 3 is 2.21 bits per heavy atom. The van der Waals surface area contributed by atoms with E-state index in [-0.39, 0.29) is 23.3 Å². The monoisotopic (exact) mass is 423 g/mol. The van der Waals surface area contributed by atoms with Crippen molar-refractivity contribution in [2.45, 2.75) is 49.5 Å². The SMILES string of the molecule is O=C(C1CCCN(S(=O)(=O)c2ccc(F)cc2)C1)N1CCN(C2CCCC2)CC1. The molecule has 0 aromatic heterocycles. The molecule has 1 aliphatic carbocycles. The highest BCUT2D eigenvalue weighted by Gasteiger charge is 2.36. The van der Waals surface area contributed by atoms with Gasteiger partial charge in [0.1, 0.15) is 5.82 Å². The van der Waals surface area contributed by atoms with E-state index in [0.29, 0.717) is 19.0 Å². The van der Waals surface area contributed by atoms with Gasteiger partial charge in [-0.3, -0.25) is 9.69 Å². The average molecular weight is 424 g/mol. The summed E-state index contributed by atoms with van der Waals surface area (Å²) in [6.07, 6.45) is 6.55. The first-order valence-electron chi connectivity index (χ1n) is 10.7. The molecule has 2 saturated heterocycles. The molecule has 8 heteroatoms. The molecular formula is C21H30FN3O3S. The number of sulfonamides is 1. The minimum atomic E-state index is -3.71. The molecule has 0 spiro atoms. The molecule has 160 valence electrons. The zero-order valence-corrected chi connectivity index (χ0v) is 17.6. The molecule has 2 aliphatic heterocycles. The second kappa shape index (κ2) is 8.70. The highest BCUT2D eigenvalue weighted by atomic mass is 32.2. The first kappa shape index (κ1) is 20.8. The van der Waals surface area contributed by atoms with E-state index in [9.17, 15) is 17.6 Å². The third-order valence-electron chi connectivity index (χ3n) is 6.65. The minimum absolute atomic E-state index is 0.0788. The third kappa shape index (κ3) is 4.49. The fraction of sp³-hybridized carbons (Fsp3) is 0.667. The van der Waals surface area contributed by atoms with Gasteiger partial charge in [-0.1, -0.05) is 12.8 Å². The Hall–Kier alpha value is -1.51. The molecule has 0 bridgehead atoms. The van der Waals surface area contributed by atoms with Crippen LogP contribution in [-0.4, -0.2) is 73.7 Å². The lowest BCUT2D eigenvalue weighted by Gasteiger charge is -2.40. The Morgan fingerprint density at radius 1 is 0.897 bits per heavy atom. The van der Waals surface area contributed by atoms with Gasteiger partial charge in [-0.05, 0) is 49.9 Å². The Kier molecular flexibility index (Phi) is 6.22. The van der Waals surface area contributed by atoms with E-state index < -0.39 is 15.8 Å². The summed E-state index contributed by atoms with van der Waals surface area (Å²) in [5, 5.41) is 0. The Labute approximate surface area is 172 Å². The van der Waals surface area contributed by atoms with Crippen LogP contribution in [-0.2, 0) is 14.8 Å². The third-order valence-corrected chi connectivity index (χ3v) is 8.53. The van der Waals surface area contributed by atoms with Crippen molar-refractivity contribution in [2.75, 3.05) is 39.3 Å². The number of carbonyl (C=O) groups excluding carboxylic acids is 1. The van der Waals surface area contributed by atoms with Gasteiger partial charge >= 0.3 is 0 Å². The summed E-state index contributed by atoms with van der Waals surface area (Å²) >= 11 is 0. The molecule has 4 rings (SSSR count). The zero-order valence-electron chi connectivity index (χ0n) is 16.8. The van der Waals surface area contributed by atoms with Gasteiger partial charge < -0.3 is 4.90 Å². The summed E-state index contributed by atoms with van der Waals surface area (Å²) in [6.45, 7) is 3.91. The molecule has 3 aliphatic rings. The molecule has 1 atom stereocenters. The van der Waals surface area contributed by atoms with Gasteiger partial charge in [-0.25, -0.2) is 12.8 Å². The lowest BCUT2D eigenvalue weighted by Crippen LogP contribution is -2.54. The number of piperidine rings is 1. The van der Waals surface area contributed by atoms with Gasteiger partial charge in [0.05, 0.1) is 10.8 Å². The smallest absolute Gasteiger partial charge is 0.243 e. The lowest BCUT2D eigenvalue weighted by atomic mass is 9.97. The minimum Gasteiger partial charge on any atom is -0.340 e. The van der Waals surface area contributed by atoms with Crippen molar-refractivity contribution in [1.82, 2.24) is 14.1 Å². The van der Waals surface area contributed by atoms with Crippen LogP contribution < -0.4 is 0 Å². The summed E-state index contributed by atoms with van der Waals surface area (Å²) in [6, 6.07) is 5.57. The molecule has 29 heavy (non-hydrogen) atoms. The quantitative estimate of drug-likeness (QED) is 0.746. The fourth-order valence-corrected chi connectivity index (χ4v) is 6.48. The molecular weight excluding hydrogens is 393 g/mol. The number of nitrogens with zero attached hydrogens (tertiary/aromatic N) is 3. The Bertz CT molecular complexity index is 816. The van der Waals surface area contributed by atoms with Crippen molar-refractivity contribution in [3.63, 3.8) is 0 Å². The predicted molar refractivity (Wildman–Crippen MR) is 108 cm³/mol. The van der Waals surface area contributed by atoms with Gasteiger partial charge in [0.2, 0.25) is 15.9 Å². The number of carbonyl (C=O) groups is 1. The Morgan fingerprint density at radius 2 is 1.55 bits per heavy atom. The van der Waals surface area contributed by atoms with Crippen LogP contribution in [0.3, 0.4) is 0 Å². The molecule has 3 fully saturated rings. The van der Waals surface area contributed by atoms with Crippen molar-refractivity contribution in [1.29, 1.82) is 0 Å². The number of hydrogen-bond donors (Lipinski definition) is 0. The van der Waals surface area contributed by atoms with Crippen LogP contribution in [0.1, 0.15) is 38.5 Å². The molecule has 2 heterocycles. The second-order valence-electron chi connectivity index (χ2n) is 8.46. The first-order chi connectivity index (χ1) is 13.9. The summed E-state index contributed by atoms with van der Waals surface area (Å²) in [4.78, 5) is 17.6. The average Bonchev–Trinajstić information content (AvgIpc) is 3.29. The van der Waals surface area contributed by atoms with E-state index in [4.69, 9.17) is 0 Å². The molecule has 0 radical (unpaired) electrons. The maximum absolute atomic E-state index is 13.2. The number of amides is 1. The van der Waals surface area contributed by atoms with Crippen LogP contribution in [0, 0.1) is 11.7 Å².